The number of hydrogen-bond donors (Lipinski definition) is 0. The van der Waals surface area contributed by atoms with E-state index in [-0.39, 0.29) is 5.38 Å². The number of hydrogen-bond acceptors (Lipinski definition) is 2. The van der Waals surface area contributed by atoms with E-state index in [4.69, 9.17) is 21.1 Å². The maximum Gasteiger partial charge on any atom is 0.122 e. The Morgan fingerprint density at radius 3 is 2.12 bits per heavy atom. The molecule has 17 heavy (non-hydrogen) atoms. The van der Waals surface area contributed by atoms with Gasteiger partial charge in [0.2, 0.25) is 0 Å². The lowest BCUT2D eigenvalue weighted by Gasteiger charge is -2.10. The number of rotatable bonds is 7. The van der Waals surface area contributed by atoms with E-state index < -0.39 is 0 Å². The molecule has 0 saturated heterocycles. The van der Waals surface area contributed by atoms with Crippen molar-refractivity contribution < 1.29 is 9.47 Å². The number of ether oxygens (including phenoxy) is 2. The summed E-state index contributed by atoms with van der Waals surface area (Å²) in [4.78, 5) is 0. The van der Waals surface area contributed by atoms with Crippen LogP contribution in [-0.4, -0.2) is 19.6 Å². The van der Waals surface area contributed by atoms with Crippen molar-refractivity contribution in [2.24, 2.45) is 0 Å². The van der Waals surface area contributed by atoms with Crippen molar-refractivity contribution in [1.82, 2.24) is 0 Å². The van der Waals surface area contributed by atoms with Crippen molar-refractivity contribution in [3.63, 3.8) is 0 Å². The molecule has 0 radical (unpaired) electrons. The Morgan fingerprint density at radius 1 is 1.06 bits per heavy atom. The molecule has 0 saturated carbocycles. The van der Waals surface area contributed by atoms with Gasteiger partial charge in [0.15, 0.2) is 0 Å². The molecule has 1 atom stereocenters. The third kappa shape index (κ3) is 4.86. The third-order valence-corrected chi connectivity index (χ3v) is 3.20. The van der Waals surface area contributed by atoms with Gasteiger partial charge in [-0.05, 0) is 37.0 Å². The highest BCUT2D eigenvalue weighted by molar-refractivity contribution is 6.20. The van der Waals surface area contributed by atoms with Gasteiger partial charge in [0.05, 0.1) is 14.2 Å². The lowest BCUT2D eigenvalue weighted by molar-refractivity contribution is 0.393. The summed E-state index contributed by atoms with van der Waals surface area (Å²) in [7, 11) is 3.33. The van der Waals surface area contributed by atoms with E-state index in [1.807, 2.05) is 18.2 Å². The van der Waals surface area contributed by atoms with E-state index in [0.29, 0.717) is 0 Å². The Morgan fingerprint density at radius 2 is 1.65 bits per heavy atom. The Kier molecular flexibility index (Phi) is 6.20. The van der Waals surface area contributed by atoms with Gasteiger partial charge in [-0.15, -0.1) is 11.6 Å². The lowest BCUT2D eigenvalue weighted by Crippen LogP contribution is -2.00. The molecule has 1 aromatic rings. The van der Waals surface area contributed by atoms with E-state index in [1.54, 1.807) is 14.2 Å². The van der Waals surface area contributed by atoms with Crippen LogP contribution in [0, 0.1) is 0 Å². The second-order valence-electron chi connectivity index (χ2n) is 4.15. The fourth-order valence-corrected chi connectivity index (χ4v) is 2.12. The van der Waals surface area contributed by atoms with Crippen molar-refractivity contribution in [2.75, 3.05) is 14.2 Å². The van der Waals surface area contributed by atoms with Gasteiger partial charge in [-0.3, -0.25) is 0 Å². The van der Waals surface area contributed by atoms with Gasteiger partial charge in [-0.25, -0.2) is 0 Å². The van der Waals surface area contributed by atoms with Crippen molar-refractivity contribution >= 4 is 11.6 Å². The average Bonchev–Trinajstić information content (AvgIpc) is 2.36. The first-order valence-corrected chi connectivity index (χ1v) is 6.49. The van der Waals surface area contributed by atoms with Crippen LogP contribution < -0.4 is 9.47 Å². The number of halogens is 1. The second-order valence-corrected chi connectivity index (χ2v) is 4.76. The van der Waals surface area contributed by atoms with E-state index >= 15 is 0 Å². The maximum absolute atomic E-state index is 6.22. The molecule has 0 aromatic heterocycles. The molecule has 3 heteroatoms. The number of alkyl halides is 1. The first-order chi connectivity index (χ1) is 8.19. The zero-order chi connectivity index (χ0) is 12.7. The van der Waals surface area contributed by atoms with Crippen LogP contribution in [0.1, 0.15) is 31.7 Å². The zero-order valence-electron chi connectivity index (χ0n) is 10.8. The summed E-state index contributed by atoms with van der Waals surface area (Å²) in [6.45, 7) is 2.16. The van der Waals surface area contributed by atoms with Crippen molar-refractivity contribution in [1.29, 1.82) is 0 Å². The Labute approximate surface area is 109 Å². The third-order valence-electron chi connectivity index (χ3n) is 2.76. The molecule has 0 bridgehead atoms. The molecule has 0 heterocycles. The molecule has 0 N–H and O–H groups in total. The van der Waals surface area contributed by atoms with Crippen LogP contribution in [0.15, 0.2) is 18.2 Å². The molecule has 1 aromatic carbocycles. The maximum atomic E-state index is 6.22. The summed E-state index contributed by atoms with van der Waals surface area (Å²) in [5.41, 5.74) is 1.21. The molecule has 0 aliphatic rings. The van der Waals surface area contributed by atoms with Crippen LogP contribution in [0.25, 0.3) is 0 Å². The van der Waals surface area contributed by atoms with Gasteiger partial charge in [0.1, 0.15) is 11.5 Å². The normalized spacial score (nSPS) is 12.2. The zero-order valence-corrected chi connectivity index (χ0v) is 11.6. The van der Waals surface area contributed by atoms with Crippen LogP contribution in [0.3, 0.4) is 0 Å². The summed E-state index contributed by atoms with van der Waals surface area (Å²) in [5, 5.41) is 0.261. The van der Waals surface area contributed by atoms with Gasteiger partial charge in [-0.1, -0.05) is 13.3 Å². The predicted molar refractivity (Wildman–Crippen MR) is 72.4 cm³/mol. The minimum atomic E-state index is 0.261. The monoisotopic (exact) mass is 256 g/mol. The SMILES string of the molecule is CCCC(Cl)CCc1cc(OC)cc(OC)c1. The predicted octanol–water partition coefficient (Wildman–Crippen LogP) is 4.04. The molecule has 0 amide bonds. The van der Waals surface area contributed by atoms with Gasteiger partial charge < -0.3 is 9.47 Å². The largest absolute Gasteiger partial charge is 0.497 e. The molecule has 1 rings (SSSR count). The summed E-state index contributed by atoms with van der Waals surface area (Å²) in [6, 6.07) is 5.96. The van der Waals surface area contributed by atoms with Gasteiger partial charge >= 0.3 is 0 Å². The van der Waals surface area contributed by atoms with E-state index in [0.717, 1.165) is 37.2 Å². The van der Waals surface area contributed by atoms with Crippen LogP contribution in [0.4, 0.5) is 0 Å². The molecule has 1 unspecified atom stereocenters. The van der Waals surface area contributed by atoms with Crippen LogP contribution in [0.2, 0.25) is 0 Å². The van der Waals surface area contributed by atoms with E-state index in [2.05, 4.69) is 6.92 Å². The van der Waals surface area contributed by atoms with Crippen molar-refractivity contribution in [3.05, 3.63) is 23.8 Å². The lowest BCUT2D eigenvalue weighted by atomic mass is 10.1. The van der Waals surface area contributed by atoms with Gasteiger partial charge in [0, 0.05) is 11.4 Å². The first-order valence-electron chi connectivity index (χ1n) is 6.05. The molecule has 2 nitrogen and oxygen atoms in total. The van der Waals surface area contributed by atoms with E-state index in [1.165, 1.54) is 5.56 Å². The fourth-order valence-electron chi connectivity index (χ4n) is 1.79. The Bertz CT molecular complexity index is 317. The molecular weight excluding hydrogens is 236 g/mol. The quantitative estimate of drug-likeness (QED) is 0.686. The Balaban J connectivity index is 2.63. The molecular formula is C14H21ClO2. The Hall–Kier alpha value is -0.890. The smallest absolute Gasteiger partial charge is 0.122 e. The van der Waals surface area contributed by atoms with Gasteiger partial charge in [-0.2, -0.15) is 0 Å². The fraction of sp³-hybridized carbons (Fsp3) is 0.571. The molecule has 0 spiro atoms. The standard InChI is InChI=1S/C14H21ClO2/c1-4-5-12(15)7-6-11-8-13(16-2)10-14(9-11)17-3/h8-10,12H,4-7H2,1-3H3. The minimum absolute atomic E-state index is 0.261. The van der Waals surface area contributed by atoms with Crippen LogP contribution >= 0.6 is 11.6 Å². The summed E-state index contributed by atoms with van der Waals surface area (Å²) in [5.74, 6) is 1.67. The highest BCUT2D eigenvalue weighted by Crippen LogP contribution is 2.24. The van der Waals surface area contributed by atoms with Gasteiger partial charge in [0.25, 0.3) is 0 Å². The summed E-state index contributed by atoms with van der Waals surface area (Å²) >= 11 is 6.22. The minimum Gasteiger partial charge on any atom is -0.497 e. The van der Waals surface area contributed by atoms with Crippen LogP contribution in [-0.2, 0) is 6.42 Å². The number of methoxy groups -OCH3 is 2. The summed E-state index contributed by atoms with van der Waals surface area (Å²) in [6.07, 6.45) is 4.16. The number of aryl methyl sites for hydroxylation is 1. The summed E-state index contributed by atoms with van der Waals surface area (Å²) < 4.78 is 10.5. The number of benzene rings is 1. The van der Waals surface area contributed by atoms with E-state index in [9.17, 15) is 0 Å². The average molecular weight is 257 g/mol. The highest BCUT2D eigenvalue weighted by atomic mass is 35.5. The van der Waals surface area contributed by atoms with Crippen LogP contribution in [0.5, 0.6) is 11.5 Å². The topological polar surface area (TPSA) is 18.5 Å². The molecule has 0 aliphatic carbocycles. The molecule has 96 valence electrons. The molecule has 0 aliphatic heterocycles. The first kappa shape index (κ1) is 14.2. The van der Waals surface area contributed by atoms with Crippen molar-refractivity contribution in [3.8, 4) is 11.5 Å². The van der Waals surface area contributed by atoms with Crippen molar-refractivity contribution in [2.45, 2.75) is 38.0 Å². The highest BCUT2D eigenvalue weighted by Gasteiger charge is 2.06. The second kappa shape index (κ2) is 7.44. The molecule has 0 fully saturated rings.